The molecule has 2 N–H and O–H groups in total. The van der Waals surface area contributed by atoms with E-state index in [0.29, 0.717) is 10.6 Å². The molecule has 1 amide bonds. The summed E-state index contributed by atoms with van der Waals surface area (Å²) in [5.74, 6) is -1.28. The lowest BCUT2D eigenvalue weighted by Crippen LogP contribution is -2.24. The zero-order valence-corrected chi connectivity index (χ0v) is 16.9. The molecule has 0 saturated carbocycles. The van der Waals surface area contributed by atoms with Gasteiger partial charge in [0.05, 0.1) is 16.3 Å². The highest BCUT2D eigenvalue weighted by Crippen LogP contribution is 2.35. The van der Waals surface area contributed by atoms with E-state index in [2.05, 4.69) is 10.5 Å². The van der Waals surface area contributed by atoms with Crippen molar-refractivity contribution >= 4 is 64.5 Å². The van der Waals surface area contributed by atoms with Crippen molar-refractivity contribution in [2.75, 3.05) is 13.2 Å². The van der Waals surface area contributed by atoms with Gasteiger partial charge in [0.15, 0.2) is 13.2 Å². The van der Waals surface area contributed by atoms with Crippen LogP contribution in [0.1, 0.15) is 5.56 Å². The number of nitrogens with zero attached hydrogens (tertiary/aromatic N) is 1. The number of aliphatic carboxylic acids is 1. The minimum absolute atomic E-state index is 0.141. The maximum Gasteiger partial charge on any atom is 0.341 e. The Morgan fingerprint density at radius 1 is 1.00 bits per heavy atom. The molecule has 2 rings (SSSR count). The van der Waals surface area contributed by atoms with Gasteiger partial charge in [-0.05, 0) is 29.8 Å². The zero-order chi connectivity index (χ0) is 20.7. The molecule has 7 nitrogen and oxygen atoms in total. The van der Waals surface area contributed by atoms with Crippen molar-refractivity contribution in [3.8, 4) is 11.5 Å². The number of carbonyl (C=O) groups is 2. The number of ether oxygens (including phenoxy) is 2. The summed E-state index contributed by atoms with van der Waals surface area (Å²) in [4.78, 5) is 22.3. The molecule has 0 aliphatic rings. The van der Waals surface area contributed by atoms with Crippen LogP contribution < -0.4 is 14.9 Å². The molecule has 0 aromatic heterocycles. The van der Waals surface area contributed by atoms with Crippen molar-refractivity contribution in [1.82, 2.24) is 5.43 Å². The van der Waals surface area contributed by atoms with E-state index >= 15 is 0 Å². The molecule has 0 saturated heterocycles. The van der Waals surface area contributed by atoms with Gasteiger partial charge in [-0.3, -0.25) is 4.79 Å². The number of carbonyl (C=O) groups excluding carboxylic acids is 1. The van der Waals surface area contributed by atoms with Crippen LogP contribution in [0, 0.1) is 0 Å². The van der Waals surface area contributed by atoms with Crippen molar-refractivity contribution in [3.05, 3.63) is 56.0 Å². The highest BCUT2D eigenvalue weighted by molar-refractivity contribution is 6.44. The van der Waals surface area contributed by atoms with Gasteiger partial charge in [-0.25, -0.2) is 10.2 Å². The number of hydrogen-bond donors (Lipinski definition) is 2. The molecule has 0 atom stereocenters. The third-order valence-electron chi connectivity index (χ3n) is 3.03. The van der Waals surface area contributed by atoms with Crippen molar-refractivity contribution in [2.45, 2.75) is 0 Å². The average molecular weight is 466 g/mol. The fourth-order valence-electron chi connectivity index (χ4n) is 1.85. The standard InChI is InChI=1S/C17H12Cl4N2O5/c18-10-4-12(20)17(21)14(5-10)27-7-15(24)23-22-6-9-1-2-13(11(19)3-9)28-8-16(25)26/h1-6H,7-8H2,(H,23,24)(H,25,26). The molecule has 0 unspecified atom stereocenters. The molecule has 28 heavy (non-hydrogen) atoms. The fourth-order valence-corrected chi connectivity index (χ4v) is 2.73. The summed E-state index contributed by atoms with van der Waals surface area (Å²) in [5, 5.41) is 13.2. The van der Waals surface area contributed by atoms with E-state index in [1.165, 1.54) is 30.5 Å². The predicted molar refractivity (Wildman–Crippen MR) is 107 cm³/mol. The summed E-state index contributed by atoms with van der Waals surface area (Å²) in [6.07, 6.45) is 1.34. The molecule has 0 aliphatic heterocycles. The minimum atomic E-state index is -1.12. The second-order valence-corrected chi connectivity index (χ2v) is 6.78. The van der Waals surface area contributed by atoms with Crippen LogP contribution in [0.4, 0.5) is 0 Å². The smallest absolute Gasteiger partial charge is 0.341 e. The molecule has 0 spiro atoms. The van der Waals surface area contributed by atoms with Gasteiger partial charge < -0.3 is 14.6 Å². The first-order chi connectivity index (χ1) is 13.3. The lowest BCUT2D eigenvalue weighted by atomic mass is 10.2. The molecular formula is C17H12Cl4N2O5. The van der Waals surface area contributed by atoms with Crippen LogP contribution >= 0.6 is 46.4 Å². The highest BCUT2D eigenvalue weighted by atomic mass is 35.5. The van der Waals surface area contributed by atoms with E-state index in [9.17, 15) is 9.59 Å². The molecule has 2 aromatic carbocycles. The lowest BCUT2D eigenvalue weighted by Gasteiger charge is -2.08. The summed E-state index contributed by atoms with van der Waals surface area (Å²) in [6, 6.07) is 7.46. The second kappa shape index (κ2) is 10.4. The van der Waals surface area contributed by atoms with E-state index in [0.717, 1.165) is 0 Å². The van der Waals surface area contributed by atoms with Gasteiger partial charge in [0, 0.05) is 11.1 Å². The van der Waals surface area contributed by atoms with Crippen LogP contribution in [0.2, 0.25) is 20.1 Å². The molecule has 0 radical (unpaired) electrons. The minimum Gasteiger partial charge on any atom is -0.482 e. The van der Waals surface area contributed by atoms with E-state index in [4.69, 9.17) is 61.0 Å². The second-order valence-electron chi connectivity index (χ2n) is 5.15. The number of rotatable bonds is 8. The van der Waals surface area contributed by atoms with Crippen molar-refractivity contribution in [2.24, 2.45) is 5.10 Å². The zero-order valence-electron chi connectivity index (χ0n) is 13.9. The van der Waals surface area contributed by atoms with Gasteiger partial charge >= 0.3 is 5.97 Å². The molecular weight excluding hydrogens is 454 g/mol. The number of benzene rings is 2. The Labute approximate surface area is 179 Å². The Balaban J connectivity index is 1.88. The molecule has 148 valence electrons. The quantitative estimate of drug-likeness (QED) is 0.344. The summed E-state index contributed by atoms with van der Waals surface area (Å²) >= 11 is 23.7. The van der Waals surface area contributed by atoms with Crippen LogP contribution in [-0.2, 0) is 9.59 Å². The molecule has 0 heterocycles. The highest BCUT2D eigenvalue weighted by Gasteiger charge is 2.10. The van der Waals surface area contributed by atoms with Crippen LogP contribution in [0.25, 0.3) is 0 Å². The van der Waals surface area contributed by atoms with Gasteiger partial charge in [0.1, 0.15) is 16.5 Å². The molecule has 0 fully saturated rings. The first-order valence-corrected chi connectivity index (χ1v) is 9.01. The Morgan fingerprint density at radius 2 is 1.71 bits per heavy atom. The van der Waals surface area contributed by atoms with E-state index in [-0.39, 0.29) is 33.2 Å². The van der Waals surface area contributed by atoms with Crippen LogP contribution in [0.3, 0.4) is 0 Å². The number of halogens is 4. The van der Waals surface area contributed by atoms with Gasteiger partial charge in [0.2, 0.25) is 0 Å². The van der Waals surface area contributed by atoms with Gasteiger partial charge in [0.25, 0.3) is 5.91 Å². The number of nitrogens with one attached hydrogen (secondary N) is 1. The van der Waals surface area contributed by atoms with E-state index in [1.807, 2.05) is 0 Å². The maximum absolute atomic E-state index is 11.8. The Kier molecular flexibility index (Phi) is 8.19. The normalized spacial score (nSPS) is 10.7. The van der Waals surface area contributed by atoms with E-state index < -0.39 is 18.5 Å². The predicted octanol–water partition coefficient (Wildman–Crippen LogP) is 4.29. The van der Waals surface area contributed by atoms with Crippen LogP contribution in [0.15, 0.2) is 35.4 Å². The summed E-state index contributed by atoms with van der Waals surface area (Å²) in [5.41, 5.74) is 2.82. The number of amides is 1. The summed E-state index contributed by atoms with van der Waals surface area (Å²) in [7, 11) is 0. The Morgan fingerprint density at radius 3 is 2.39 bits per heavy atom. The molecule has 11 heteroatoms. The molecule has 0 bridgehead atoms. The third kappa shape index (κ3) is 6.76. The number of hydrazone groups is 1. The van der Waals surface area contributed by atoms with Gasteiger partial charge in [-0.2, -0.15) is 5.10 Å². The SMILES string of the molecule is O=C(O)COc1ccc(C=NNC(=O)COc2cc(Cl)cc(Cl)c2Cl)cc1Cl. The van der Waals surface area contributed by atoms with Gasteiger partial charge in [-0.15, -0.1) is 0 Å². The summed E-state index contributed by atoms with van der Waals surface area (Å²) < 4.78 is 10.3. The number of carboxylic acid groups (broad SMARTS) is 1. The van der Waals surface area contributed by atoms with Crippen LogP contribution in [0.5, 0.6) is 11.5 Å². The largest absolute Gasteiger partial charge is 0.482 e. The first kappa shape index (κ1) is 22.1. The Hall–Kier alpha value is -2.19. The topological polar surface area (TPSA) is 97.2 Å². The fraction of sp³-hybridized carbons (Fsp3) is 0.118. The van der Waals surface area contributed by atoms with Crippen molar-refractivity contribution < 1.29 is 24.2 Å². The lowest BCUT2D eigenvalue weighted by molar-refractivity contribution is -0.139. The Bertz CT molecular complexity index is 921. The monoisotopic (exact) mass is 464 g/mol. The summed E-state index contributed by atoms with van der Waals surface area (Å²) in [6.45, 7) is -0.873. The van der Waals surface area contributed by atoms with Crippen molar-refractivity contribution in [1.29, 1.82) is 0 Å². The first-order valence-electron chi connectivity index (χ1n) is 7.49. The third-order valence-corrected chi connectivity index (χ3v) is 4.33. The molecule has 0 aliphatic carbocycles. The number of carboxylic acids is 1. The van der Waals surface area contributed by atoms with Gasteiger partial charge in [-0.1, -0.05) is 46.4 Å². The van der Waals surface area contributed by atoms with Crippen LogP contribution in [-0.4, -0.2) is 36.4 Å². The number of hydrogen-bond acceptors (Lipinski definition) is 5. The molecule has 2 aromatic rings. The van der Waals surface area contributed by atoms with Crippen molar-refractivity contribution in [3.63, 3.8) is 0 Å². The average Bonchev–Trinajstić information content (AvgIpc) is 2.62. The van der Waals surface area contributed by atoms with E-state index in [1.54, 1.807) is 6.07 Å². The maximum atomic E-state index is 11.8.